The number of ether oxygens (including phenoxy) is 3. The summed E-state index contributed by atoms with van der Waals surface area (Å²) in [4.78, 5) is 0. The average molecular weight is 326 g/mol. The van der Waals surface area contributed by atoms with E-state index in [1.165, 1.54) is 0 Å². The van der Waals surface area contributed by atoms with E-state index in [4.69, 9.17) is 19.9 Å². The molecule has 1 aromatic heterocycles. The third-order valence-corrected chi connectivity index (χ3v) is 3.64. The Hall–Kier alpha value is -3.22. The average Bonchev–Trinajstić information content (AvgIpc) is 3.10. The van der Waals surface area contributed by atoms with Gasteiger partial charge in [-0.25, -0.2) is 4.68 Å². The Kier molecular flexibility index (Phi) is 4.24. The van der Waals surface area contributed by atoms with E-state index in [2.05, 4.69) is 10.3 Å². The first kappa shape index (κ1) is 15.7. The van der Waals surface area contributed by atoms with Gasteiger partial charge in [0.05, 0.1) is 33.2 Å². The predicted octanol–water partition coefficient (Wildman–Crippen LogP) is 2.54. The largest absolute Gasteiger partial charge is 0.493 e. The number of methoxy groups -OCH3 is 3. The fraction of sp³-hybridized carbons (Fsp3) is 0.176. The number of hydrogen-bond acceptors (Lipinski definition) is 6. The summed E-state index contributed by atoms with van der Waals surface area (Å²) in [7, 11) is 4.70. The van der Waals surface area contributed by atoms with Gasteiger partial charge in [-0.05, 0) is 6.07 Å². The van der Waals surface area contributed by atoms with Crippen LogP contribution in [0.4, 0.5) is 5.69 Å². The second-order valence-electron chi connectivity index (χ2n) is 5.02. The molecule has 3 aromatic rings. The van der Waals surface area contributed by atoms with Crippen molar-refractivity contribution in [3.8, 4) is 34.2 Å². The molecule has 0 radical (unpaired) electrons. The highest BCUT2D eigenvalue weighted by atomic mass is 16.5. The van der Waals surface area contributed by atoms with Crippen molar-refractivity contribution in [2.45, 2.75) is 0 Å². The fourth-order valence-corrected chi connectivity index (χ4v) is 2.44. The van der Waals surface area contributed by atoms with Crippen LogP contribution in [0.3, 0.4) is 0 Å². The topological polar surface area (TPSA) is 84.4 Å². The monoisotopic (exact) mass is 326 g/mol. The van der Waals surface area contributed by atoms with Crippen LogP contribution in [0.25, 0.3) is 16.9 Å². The highest BCUT2D eigenvalue weighted by Crippen LogP contribution is 2.39. The van der Waals surface area contributed by atoms with Crippen LogP contribution >= 0.6 is 0 Å². The first-order chi connectivity index (χ1) is 11.7. The van der Waals surface area contributed by atoms with Gasteiger partial charge in [0.15, 0.2) is 11.5 Å². The second-order valence-corrected chi connectivity index (χ2v) is 5.02. The van der Waals surface area contributed by atoms with Crippen LogP contribution in [0.1, 0.15) is 0 Å². The molecule has 24 heavy (non-hydrogen) atoms. The molecular formula is C17H18N4O3. The first-order valence-corrected chi connectivity index (χ1v) is 7.25. The Labute approximate surface area is 139 Å². The van der Waals surface area contributed by atoms with Gasteiger partial charge in [-0.2, -0.15) is 0 Å². The van der Waals surface area contributed by atoms with Crippen molar-refractivity contribution >= 4 is 5.69 Å². The van der Waals surface area contributed by atoms with E-state index in [0.717, 1.165) is 11.3 Å². The number of rotatable bonds is 5. The van der Waals surface area contributed by atoms with Crippen LogP contribution in [-0.2, 0) is 0 Å². The molecule has 0 bridgehead atoms. The van der Waals surface area contributed by atoms with Gasteiger partial charge in [-0.1, -0.05) is 23.4 Å². The lowest BCUT2D eigenvalue weighted by atomic mass is 10.1. The minimum absolute atomic E-state index is 0.524. The van der Waals surface area contributed by atoms with E-state index in [1.54, 1.807) is 44.3 Å². The third-order valence-electron chi connectivity index (χ3n) is 3.64. The van der Waals surface area contributed by atoms with Gasteiger partial charge in [-0.15, -0.1) is 5.10 Å². The molecule has 0 spiro atoms. The number of nitrogen functional groups attached to an aromatic ring is 1. The Morgan fingerprint density at radius 2 is 1.62 bits per heavy atom. The van der Waals surface area contributed by atoms with Gasteiger partial charge >= 0.3 is 0 Å². The number of aromatic nitrogens is 3. The van der Waals surface area contributed by atoms with Crippen LogP contribution < -0.4 is 19.9 Å². The zero-order valence-electron chi connectivity index (χ0n) is 13.7. The molecule has 7 nitrogen and oxygen atoms in total. The molecule has 0 saturated heterocycles. The molecule has 124 valence electrons. The Balaban J connectivity index is 2.06. The summed E-state index contributed by atoms with van der Waals surface area (Å²) in [6.45, 7) is 0. The minimum Gasteiger partial charge on any atom is -0.493 e. The molecule has 0 amide bonds. The van der Waals surface area contributed by atoms with Gasteiger partial charge in [0.25, 0.3) is 0 Å². The van der Waals surface area contributed by atoms with E-state index in [-0.39, 0.29) is 0 Å². The van der Waals surface area contributed by atoms with Crippen LogP contribution in [0.2, 0.25) is 0 Å². The highest BCUT2D eigenvalue weighted by molar-refractivity contribution is 5.73. The summed E-state index contributed by atoms with van der Waals surface area (Å²) < 4.78 is 17.7. The standard InChI is InChI=1S/C17H18N4O3/c1-22-15-8-11(9-16(23-2)17(15)24-3)21-10-14(19-20-21)12-6-4-5-7-13(12)18/h4-10H,18H2,1-3H3. The van der Waals surface area contributed by atoms with Crippen LogP contribution in [0.5, 0.6) is 17.2 Å². The normalized spacial score (nSPS) is 10.5. The van der Waals surface area contributed by atoms with E-state index in [0.29, 0.717) is 28.6 Å². The SMILES string of the molecule is COc1cc(-n2cc(-c3ccccc3N)nn2)cc(OC)c1OC. The Bertz CT molecular complexity index is 836. The molecule has 0 aliphatic heterocycles. The maximum Gasteiger partial charge on any atom is 0.203 e. The number of para-hydroxylation sites is 1. The quantitative estimate of drug-likeness (QED) is 0.725. The molecule has 0 atom stereocenters. The zero-order valence-corrected chi connectivity index (χ0v) is 13.7. The van der Waals surface area contributed by atoms with Crippen molar-refractivity contribution < 1.29 is 14.2 Å². The molecule has 0 unspecified atom stereocenters. The van der Waals surface area contributed by atoms with Crippen molar-refractivity contribution in [2.75, 3.05) is 27.1 Å². The van der Waals surface area contributed by atoms with Crippen LogP contribution in [0.15, 0.2) is 42.6 Å². The van der Waals surface area contributed by atoms with Gasteiger partial charge in [0, 0.05) is 23.4 Å². The second kappa shape index (κ2) is 6.49. The van der Waals surface area contributed by atoms with E-state index in [1.807, 2.05) is 24.3 Å². The Morgan fingerprint density at radius 3 is 2.21 bits per heavy atom. The predicted molar refractivity (Wildman–Crippen MR) is 90.9 cm³/mol. The van der Waals surface area contributed by atoms with Crippen molar-refractivity contribution in [2.24, 2.45) is 0 Å². The molecule has 2 N–H and O–H groups in total. The third kappa shape index (κ3) is 2.71. The molecule has 1 heterocycles. The highest BCUT2D eigenvalue weighted by Gasteiger charge is 2.15. The lowest BCUT2D eigenvalue weighted by Gasteiger charge is -2.13. The zero-order chi connectivity index (χ0) is 17.1. The molecule has 0 aliphatic carbocycles. The number of hydrogen-bond donors (Lipinski definition) is 1. The molecule has 7 heteroatoms. The van der Waals surface area contributed by atoms with Gasteiger partial charge in [0.2, 0.25) is 5.75 Å². The summed E-state index contributed by atoms with van der Waals surface area (Å²) in [6.07, 6.45) is 1.80. The van der Waals surface area contributed by atoms with E-state index >= 15 is 0 Å². The first-order valence-electron chi connectivity index (χ1n) is 7.25. The number of benzene rings is 2. The molecule has 0 saturated carbocycles. The van der Waals surface area contributed by atoms with Crippen molar-refractivity contribution in [3.63, 3.8) is 0 Å². The van der Waals surface area contributed by atoms with Crippen molar-refractivity contribution in [1.82, 2.24) is 15.0 Å². The lowest BCUT2D eigenvalue weighted by molar-refractivity contribution is 0.324. The van der Waals surface area contributed by atoms with Crippen LogP contribution in [0, 0.1) is 0 Å². The van der Waals surface area contributed by atoms with Gasteiger partial charge < -0.3 is 19.9 Å². The van der Waals surface area contributed by atoms with Gasteiger partial charge in [-0.3, -0.25) is 0 Å². The number of anilines is 1. The molecule has 2 aromatic carbocycles. The smallest absolute Gasteiger partial charge is 0.203 e. The number of nitrogens with zero attached hydrogens (tertiary/aromatic N) is 3. The molecule has 0 aliphatic rings. The maximum atomic E-state index is 6.00. The molecule has 3 rings (SSSR count). The van der Waals surface area contributed by atoms with Crippen molar-refractivity contribution in [1.29, 1.82) is 0 Å². The van der Waals surface area contributed by atoms with Crippen molar-refractivity contribution in [3.05, 3.63) is 42.6 Å². The molecular weight excluding hydrogens is 308 g/mol. The maximum absolute atomic E-state index is 6.00. The Morgan fingerprint density at radius 1 is 0.958 bits per heavy atom. The lowest BCUT2D eigenvalue weighted by Crippen LogP contribution is -2.00. The summed E-state index contributed by atoms with van der Waals surface area (Å²) in [5.74, 6) is 1.61. The summed E-state index contributed by atoms with van der Waals surface area (Å²) in [5, 5.41) is 8.37. The van der Waals surface area contributed by atoms with E-state index < -0.39 is 0 Å². The fourth-order valence-electron chi connectivity index (χ4n) is 2.44. The summed E-state index contributed by atoms with van der Waals surface area (Å²) >= 11 is 0. The summed E-state index contributed by atoms with van der Waals surface area (Å²) in [6, 6.07) is 11.1. The summed E-state index contributed by atoms with van der Waals surface area (Å²) in [5.41, 5.74) is 8.89. The number of nitrogens with two attached hydrogens (primary N) is 1. The van der Waals surface area contributed by atoms with E-state index in [9.17, 15) is 0 Å². The molecule has 0 fully saturated rings. The van der Waals surface area contributed by atoms with Gasteiger partial charge in [0.1, 0.15) is 5.69 Å². The van der Waals surface area contributed by atoms with Crippen LogP contribution in [-0.4, -0.2) is 36.3 Å². The minimum atomic E-state index is 0.524.